The molecule has 98 valence electrons. The van der Waals surface area contributed by atoms with Gasteiger partial charge in [0.2, 0.25) is 0 Å². The molecule has 1 unspecified atom stereocenters. The predicted molar refractivity (Wildman–Crippen MR) is 69.9 cm³/mol. The Kier molecular flexibility index (Phi) is 3.15. The quantitative estimate of drug-likeness (QED) is 0.818. The van der Waals surface area contributed by atoms with Crippen LogP contribution in [-0.4, -0.2) is 11.5 Å². The van der Waals surface area contributed by atoms with Crippen molar-refractivity contribution in [2.45, 2.75) is 18.9 Å². The van der Waals surface area contributed by atoms with Crippen LogP contribution in [0.15, 0.2) is 42.7 Å². The van der Waals surface area contributed by atoms with Gasteiger partial charge in [0.15, 0.2) is 0 Å². The summed E-state index contributed by atoms with van der Waals surface area (Å²) in [5, 5.41) is 0. The Balaban J connectivity index is 1.97. The molecule has 1 aliphatic heterocycles. The van der Waals surface area contributed by atoms with Crippen LogP contribution >= 0.6 is 0 Å². The van der Waals surface area contributed by atoms with Crippen molar-refractivity contribution in [3.63, 3.8) is 0 Å². The van der Waals surface area contributed by atoms with Crippen LogP contribution in [0.1, 0.15) is 24.4 Å². The van der Waals surface area contributed by atoms with Gasteiger partial charge in [0.25, 0.3) is 0 Å². The lowest BCUT2D eigenvalue weighted by molar-refractivity contribution is 0.561. The van der Waals surface area contributed by atoms with Crippen LogP contribution in [0.25, 0.3) is 0 Å². The molecule has 0 amide bonds. The summed E-state index contributed by atoms with van der Waals surface area (Å²) in [7, 11) is 0. The highest BCUT2D eigenvalue weighted by molar-refractivity contribution is 5.48. The molecule has 1 aliphatic rings. The zero-order valence-corrected chi connectivity index (χ0v) is 10.4. The van der Waals surface area contributed by atoms with Crippen molar-refractivity contribution >= 4 is 5.69 Å². The molecule has 0 N–H and O–H groups in total. The maximum atomic E-state index is 13.9. The van der Waals surface area contributed by atoms with Gasteiger partial charge in [-0.3, -0.25) is 4.98 Å². The first-order valence-corrected chi connectivity index (χ1v) is 6.37. The smallest absolute Gasteiger partial charge is 0.128 e. The fourth-order valence-corrected chi connectivity index (χ4v) is 2.69. The van der Waals surface area contributed by atoms with E-state index in [0.29, 0.717) is 5.56 Å². The minimum atomic E-state index is -0.394. The van der Waals surface area contributed by atoms with Gasteiger partial charge in [-0.2, -0.15) is 0 Å². The normalized spacial score (nSPS) is 18.8. The fraction of sp³-hybridized carbons (Fsp3) is 0.267. The van der Waals surface area contributed by atoms with Gasteiger partial charge in [-0.25, -0.2) is 8.78 Å². The number of hydrogen-bond acceptors (Lipinski definition) is 2. The Morgan fingerprint density at radius 2 is 2.11 bits per heavy atom. The molecule has 2 heterocycles. The van der Waals surface area contributed by atoms with Gasteiger partial charge in [-0.05, 0) is 43.2 Å². The molecule has 2 nitrogen and oxygen atoms in total. The van der Waals surface area contributed by atoms with Gasteiger partial charge in [0.1, 0.15) is 11.6 Å². The molecule has 1 fully saturated rings. The number of anilines is 1. The topological polar surface area (TPSA) is 16.1 Å². The fourth-order valence-electron chi connectivity index (χ4n) is 2.69. The number of benzene rings is 1. The van der Waals surface area contributed by atoms with E-state index in [0.717, 1.165) is 31.1 Å². The Morgan fingerprint density at radius 1 is 1.21 bits per heavy atom. The van der Waals surface area contributed by atoms with Crippen LogP contribution < -0.4 is 4.90 Å². The summed E-state index contributed by atoms with van der Waals surface area (Å²) in [6.07, 6.45) is 5.26. The van der Waals surface area contributed by atoms with E-state index in [4.69, 9.17) is 0 Å². The lowest BCUT2D eigenvalue weighted by atomic mass is 10.0. The number of halogens is 2. The lowest BCUT2D eigenvalue weighted by Gasteiger charge is -2.27. The third kappa shape index (κ3) is 2.30. The summed E-state index contributed by atoms with van der Waals surface area (Å²) in [4.78, 5) is 6.18. The third-order valence-corrected chi connectivity index (χ3v) is 3.55. The summed E-state index contributed by atoms with van der Waals surface area (Å²) in [5.41, 5.74) is 1.38. The van der Waals surface area contributed by atoms with Crippen LogP contribution in [0, 0.1) is 11.6 Å². The van der Waals surface area contributed by atoms with Crippen molar-refractivity contribution in [1.29, 1.82) is 0 Å². The van der Waals surface area contributed by atoms with Crippen LogP contribution in [0.4, 0.5) is 14.5 Å². The number of rotatable bonds is 2. The molecule has 0 aliphatic carbocycles. The minimum absolute atomic E-state index is 0.111. The average Bonchev–Trinajstić information content (AvgIpc) is 2.91. The zero-order chi connectivity index (χ0) is 13.2. The Morgan fingerprint density at radius 3 is 2.89 bits per heavy atom. The van der Waals surface area contributed by atoms with E-state index in [-0.39, 0.29) is 11.9 Å². The van der Waals surface area contributed by atoms with Crippen molar-refractivity contribution in [3.8, 4) is 0 Å². The first-order valence-electron chi connectivity index (χ1n) is 6.37. The molecule has 1 atom stereocenters. The second-order valence-electron chi connectivity index (χ2n) is 4.73. The second kappa shape index (κ2) is 4.96. The predicted octanol–water partition coefficient (Wildman–Crippen LogP) is 3.70. The Labute approximate surface area is 110 Å². The van der Waals surface area contributed by atoms with Gasteiger partial charge in [0, 0.05) is 18.3 Å². The third-order valence-electron chi connectivity index (χ3n) is 3.55. The van der Waals surface area contributed by atoms with Gasteiger partial charge < -0.3 is 4.90 Å². The molecular weight excluding hydrogens is 246 g/mol. The molecule has 19 heavy (non-hydrogen) atoms. The average molecular weight is 260 g/mol. The number of hydrogen-bond donors (Lipinski definition) is 0. The van der Waals surface area contributed by atoms with Crippen molar-refractivity contribution in [3.05, 3.63) is 59.9 Å². The van der Waals surface area contributed by atoms with Gasteiger partial charge in [-0.1, -0.05) is 0 Å². The molecular formula is C15H14F2N2. The van der Waals surface area contributed by atoms with Crippen molar-refractivity contribution < 1.29 is 8.78 Å². The first-order chi connectivity index (χ1) is 9.25. The lowest BCUT2D eigenvalue weighted by Crippen LogP contribution is -2.23. The van der Waals surface area contributed by atoms with Crippen LogP contribution in [0.5, 0.6) is 0 Å². The maximum Gasteiger partial charge on any atom is 0.128 e. The molecule has 1 aromatic carbocycles. The van der Waals surface area contributed by atoms with Crippen LogP contribution in [0.2, 0.25) is 0 Å². The van der Waals surface area contributed by atoms with E-state index in [9.17, 15) is 8.78 Å². The van der Waals surface area contributed by atoms with Gasteiger partial charge in [-0.15, -0.1) is 0 Å². The van der Waals surface area contributed by atoms with E-state index < -0.39 is 5.82 Å². The maximum absolute atomic E-state index is 13.9. The minimum Gasteiger partial charge on any atom is -0.363 e. The summed E-state index contributed by atoms with van der Waals surface area (Å²) < 4.78 is 27.2. The zero-order valence-electron chi connectivity index (χ0n) is 10.4. The molecule has 0 bridgehead atoms. The largest absolute Gasteiger partial charge is 0.363 e. The van der Waals surface area contributed by atoms with E-state index in [1.165, 1.54) is 12.1 Å². The first kappa shape index (κ1) is 12.1. The highest BCUT2D eigenvalue weighted by atomic mass is 19.1. The molecule has 4 heteroatoms. The highest BCUT2D eigenvalue weighted by Crippen LogP contribution is 2.36. The van der Waals surface area contributed by atoms with Crippen molar-refractivity contribution in [1.82, 2.24) is 4.98 Å². The van der Waals surface area contributed by atoms with Gasteiger partial charge >= 0.3 is 0 Å². The monoisotopic (exact) mass is 260 g/mol. The SMILES string of the molecule is Fc1ccc(F)c(C2CCCN2c2cccnc2)c1. The van der Waals surface area contributed by atoms with E-state index in [1.54, 1.807) is 12.4 Å². The number of aromatic nitrogens is 1. The van der Waals surface area contributed by atoms with Crippen molar-refractivity contribution in [2.24, 2.45) is 0 Å². The standard InChI is InChI=1S/C15H14F2N2/c16-11-5-6-14(17)13(9-11)15-4-2-8-19(15)12-3-1-7-18-10-12/h1,3,5-7,9-10,15H,2,4,8H2. The summed E-state index contributed by atoms with van der Waals surface area (Å²) in [6.45, 7) is 0.840. The molecule has 0 radical (unpaired) electrons. The Bertz CT molecular complexity index is 572. The Hall–Kier alpha value is -1.97. The molecule has 0 spiro atoms. The van der Waals surface area contributed by atoms with E-state index in [2.05, 4.69) is 9.88 Å². The van der Waals surface area contributed by atoms with Gasteiger partial charge in [0.05, 0.1) is 17.9 Å². The summed E-state index contributed by atoms with van der Waals surface area (Å²) >= 11 is 0. The molecule has 3 rings (SSSR count). The second-order valence-corrected chi connectivity index (χ2v) is 4.73. The highest BCUT2D eigenvalue weighted by Gasteiger charge is 2.28. The molecule has 1 aromatic heterocycles. The van der Waals surface area contributed by atoms with E-state index in [1.807, 2.05) is 12.1 Å². The van der Waals surface area contributed by atoms with Crippen LogP contribution in [-0.2, 0) is 0 Å². The van der Waals surface area contributed by atoms with E-state index >= 15 is 0 Å². The summed E-state index contributed by atoms with van der Waals surface area (Å²) in [5.74, 6) is -0.739. The summed E-state index contributed by atoms with van der Waals surface area (Å²) in [6, 6.07) is 7.34. The molecule has 1 saturated heterocycles. The number of pyridine rings is 1. The number of nitrogens with zero attached hydrogens (tertiary/aromatic N) is 2. The molecule has 2 aromatic rings. The van der Waals surface area contributed by atoms with Crippen molar-refractivity contribution in [2.75, 3.05) is 11.4 Å². The molecule has 0 saturated carbocycles. The van der Waals surface area contributed by atoms with Crippen LogP contribution in [0.3, 0.4) is 0 Å².